The fourth-order valence-electron chi connectivity index (χ4n) is 4.79. The Hall–Kier alpha value is -3.71. The van der Waals surface area contributed by atoms with Gasteiger partial charge in [-0.2, -0.15) is 0 Å². The van der Waals surface area contributed by atoms with E-state index in [0.717, 1.165) is 27.7 Å². The van der Waals surface area contributed by atoms with Gasteiger partial charge < -0.3 is 9.72 Å². The van der Waals surface area contributed by atoms with Crippen LogP contribution < -0.4 is 14.9 Å². The number of hydrogen-bond acceptors (Lipinski definition) is 5. The van der Waals surface area contributed by atoms with Gasteiger partial charge in [0.25, 0.3) is 5.56 Å². The van der Waals surface area contributed by atoms with Crippen LogP contribution in [0.4, 0.5) is 0 Å². The van der Waals surface area contributed by atoms with Crippen molar-refractivity contribution in [3.8, 4) is 0 Å². The molecule has 6 nitrogen and oxygen atoms in total. The Kier molecular flexibility index (Phi) is 6.26. The van der Waals surface area contributed by atoms with Crippen molar-refractivity contribution in [2.24, 2.45) is 4.99 Å². The number of H-pyrrole nitrogens is 1. The average Bonchev–Trinajstić information content (AvgIpc) is 3.34. The summed E-state index contributed by atoms with van der Waals surface area (Å²) >= 11 is 1.34. The molecule has 36 heavy (non-hydrogen) atoms. The van der Waals surface area contributed by atoms with Crippen LogP contribution in [-0.4, -0.2) is 22.1 Å². The highest BCUT2D eigenvalue weighted by atomic mass is 32.1. The fraction of sp³-hybridized carbons (Fsp3) is 0.276. The zero-order chi connectivity index (χ0) is 25.6. The van der Waals surface area contributed by atoms with Crippen LogP contribution in [0.15, 0.2) is 69.6 Å². The molecule has 0 radical (unpaired) electrons. The first kappa shape index (κ1) is 24.0. The van der Waals surface area contributed by atoms with Crippen LogP contribution in [0.1, 0.15) is 62.0 Å². The topological polar surface area (TPSA) is 76.4 Å². The number of nitrogens with zero attached hydrogens (tertiary/aromatic N) is 2. The SMILES string of the molecule is CCOC(=O)C1=C(C)N=c2sc(=Cc3c(C)[nH]c4ccccc34)c(=O)n2C1c1ccc(C(C)C)cc1. The standard InChI is InChI=1S/C29H29N3O3S/c1-6-35-28(34)25-18(5)31-29-32(26(25)20-13-11-19(12-14-20)16(2)3)27(33)24(36-29)15-22-17(4)30-23-10-8-7-9-21(22)23/h7-16,26,30H,6H2,1-5H3. The minimum Gasteiger partial charge on any atom is -0.463 e. The van der Waals surface area contributed by atoms with Gasteiger partial charge in [0.1, 0.15) is 0 Å². The lowest BCUT2D eigenvalue weighted by Gasteiger charge is -2.25. The van der Waals surface area contributed by atoms with Crippen molar-refractivity contribution in [1.82, 2.24) is 9.55 Å². The van der Waals surface area contributed by atoms with E-state index in [1.165, 1.54) is 16.9 Å². The largest absolute Gasteiger partial charge is 0.463 e. The summed E-state index contributed by atoms with van der Waals surface area (Å²) in [6.07, 6.45) is 1.93. The van der Waals surface area contributed by atoms with Crippen LogP contribution in [0.5, 0.6) is 0 Å². The lowest BCUT2D eigenvalue weighted by molar-refractivity contribution is -0.139. The summed E-state index contributed by atoms with van der Waals surface area (Å²) in [6.45, 7) is 10.1. The molecule has 5 rings (SSSR count). The minimum atomic E-state index is -0.604. The number of thiazole rings is 1. The number of nitrogens with one attached hydrogen (secondary N) is 1. The number of aryl methyl sites for hydroxylation is 1. The van der Waals surface area contributed by atoms with E-state index in [4.69, 9.17) is 4.74 Å². The minimum absolute atomic E-state index is 0.171. The van der Waals surface area contributed by atoms with Crippen molar-refractivity contribution in [2.75, 3.05) is 6.61 Å². The third-order valence-electron chi connectivity index (χ3n) is 6.65. The van der Waals surface area contributed by atoms with Gasteiger partial charge in [-0.3, -0.25) is 9.36 Å². The van der Waals surface area contributed by atoms with Crippen molar-refractivity contribution in [2.45, 2.75) is 46.6 Å². The van der Waals surface area contributed by atoms with Crippen LogP contribution in [0.3, 0.4) is 0 Å². The zero-order valence-electron chi connectivity index (χ0n) is 21.1. The van der Waals surface area contributed by atoms with Crippen LogP contribution in [0.2, 0.25) is 0 Å². The van der Waals surface area contributed by atoms with Crippen LogP contribution in [0.25, 0.3) is 17.0 Å². The summed E-state index contributed by atoms with van der Waals surface area (Å²) in [6, 6.07) is 15.6. The van der Waals surface area contributed by atoms with Crippen molar-refractivity contribution in [3.63, 3.8) is 0 Å². The van der Waals surface area contributed by atoms with E-state index in [-0.39, 0.29) is 12.2 Å². The lowest BCUT2D eigenvalue weighted by atomic mass is 9.93. The lowest BCUT2D eigenvalue weighted by Crippen LogP contribution is -2.39. The summed E-state index contributed by atoms with van der Waals surface area (Å²) in [5, 5.41) is 1.06. The molecule has 1 aliphatic heterocycles. The molecule has 0 amide bonds. The first-order valence-electron chi connectivity index (χ1n) is 12.2. The Morgan fingerprint density at radius 2 is 1.89 bits per heavy atom. The second-order valence-corrected chi connectivity index (χ2v) is 10.3. The molecule has 1 atom stereocenters. The number of fused-ring (bicyclic) bond motifs is 2. The number of rotatable bonds is 5. The van der Waals surface area contributed by atoms with Crippen LogP contribution in [0, 0.1) is 6.92 Å². The van der Waals surface area contributed by atoms with Gasteiger partial charge in [0.05, 0.1) is 28.5 Å². The van der Waals surface area contributed by atoms with E-state index >= 15 is 0 Å². The molecule has 1 aliphatic rings. The van der Waals surface area contributed by atoms with Gasteiger partial charge in [0, 0.05) is 22.2 Å². The Balaban J connectivity index is 1.74. The number of allylic oxidation sites excluding steroid dienone is 1. The van der Waals surface area contributed by atoms with Gasteiger partial charge in [-0.1, -0.05) is 67.6 Å². The van der Waals surface area contributed by atoms with E-state index in [9.17, 15) is 9.59 Å². The molecule has 1 N–H and O–H groups in total. The van der Waals surface area contributed by atoms with E-state index in [0.29, 0.717) is 26.5 Å². The predicted octanol–water partition coefficient (Wildman–Crippen LogP) is 4.71. The highest BCUT2D eigenvalue weighted by Gasteiger charge is 2.33. The van der Waals surface area contributed by atoms with E-state index in [1.54, 1.807) is 11.5 Å². The van der Waals surface area contributed by atoms with Crippen molar-refractivity contribution < 1.29 is 9.53 Å². The molecule has 0 bridgehead atoms. The molecule has 0 saturated carbocycles. The molecule has 3 heterocycles. The van der Waals surface area contributed by atoms with E-state index in [1.807, 2.05) is 56.3 Å². The van der Waals surface area contributed by atoms with Gasteiger partial charge in [-0.25, -0.2) is 9.79 Å². The number of para-hydroxylation sites is 1. The number of aromatic nitrogens is 2. The fourth-order valence-corrected chi connectivity index (χ4v) is 5.81. The van der Waals surface area contributed by atoms with Crippen LogP contribution >= 0.6 is 11.3 Å². The number of carbonyl (C=O) groups is 1. The first-order chi connectivity index (χ1) is 17.3. The van der Waals surface area contributed by atoms with E-state index < -0.39 is 12.0 Å². The summed E-state index contributed by atoms with van der Waals surface area (Å²) in [7, 11) is 0. The van der Waals surface area contributed by atoms with Crippen LogP contribution in [-0.2, 0) is 9.53 Å². The summed E-state index contributed by atoms with van der Waals surface area (Å²) in [5.74, 6) is -0.0688. The summed E-state index contributed by atoms with van der Waals surface area (Å²) < 4.78 is 7.61. The maximum atomic E-state index is 13.9. The predicted molar refractivity (Wildman–Crippen MR) is 144 cm³/mol. The number of hydrogen-bond donors (Lipinski definition) is 1. The van der Waals surface area contributed by atoms with Gasteiger partial charge in [-0.15, -0.1) is 0 Å². The number of ether oxygens (including phenoxy) is 1. The molecular formula is C29H29N3O3S. The Morgan fingerprint density at radius 1 is 1.17 bits per heavy atom. The number of carbonyl (C=O) groups excluding carboxylic acids is 1. The Labute approximate surface area is 213 Å². The maximum absolute atomic E-state index is 13.9. The van der Waals surface area contributed by atoms with Crippen molar-refractivity contribution in [3.05, 3.63) is 102 Å². The second-order valence-electron chi connectivity index (χ2n) is 9.33. The summed E-state index contributed by atoms with van der Waals surface area (Å²) in [4.78, 5) is 35.6. The number of benzene rings is 2. The Bertz CT molecular complexity index is 1680. The molecular weight excluding hydrogens is 470 g/mol. The third kappa shape index (κ3) is 4.03. The third-order valence-corrected chi connectivity index (χ3v) is 7.64. The van der Waals surface area contributed by atoms with Gasteiger partial charge in [-0.05, 0) is 50.0 Å². The van der Waals surface area contributed by atoms with Gasteiger partial charge >= 0.3 is 5.97 Å². The molecule has 0 spiro atoms. The zero-order valence-corrected chi connectivity index (χ0v) is 21.9. The number of aromatic amines is 1. The highest BCUT2D eigenvalue weighted by Crippen LogP contribution is 2.31. The Morgan fingerprint density at radius 3 is 2.58 bits per heavy atom. The first-order valence-corrected chi connectivity index (χ1v) is 13.0. The molecule has 1 unspecified atom stereocenters. The molecule has 7 heteroatoms. The van der Waals surface area contributed by atoms with E-state index in [2.05, 4.69) is 36.0 Å². The van der Waals surface area contributed by atoms with Gasteiger partial charge in [0.2, 0.25) is 0 Å². The summed E-state index contributed by atoms with van der Waals surface area (Å²) in [5.41, 5.74) is 5.85. The molecule has 2 aromatic heterocycles. The monoisotopic (exact) mass is 499 g/mol. The van der Waals surface area contributed by atoms with Gasteiger partial charge in [0.15, 0.2) is 4.80 Å². The quantitative estimate of drug-likeness (QED) is 0.404. The molecule has 0 aliphatic carbocycles. The number of esters is 1. The molecule has 0 saturated heterocycles. The second kappa shape index (κ2) is 9.39. The molecule has 184 valence electrons. The molecule has 0 fully saturated rings. The highest BCUT2D eigenvalue weighted by molar-refractivity contribution is 7.07. The normalized spacial score (nSPS) is 15.9. The average molecular weight is 500 g/mol. The molecule has 4 aromatic rings. The van der Waals surface area contributed by atoms with Crippen molar-refractivity contribution in [1.29, 1.82) is 0 Å². The van der Waals surface area contributed by atoms with Crippen molar-refractivity contribution >= 4 is 34.3 Å². The smallest absolute Gasteiger partial charge is 0.338 e. The molecule has 2 aromatic carbocycles. The maximum Gasteiger partial charge on any atom is 0.338 e.